The number of hydrogen-bond donors (Lipinski definition) is 1. The normalized spacial score (nSPS) is 16.8. The second-order valence-electron chi connectivity index (χ2n) is 7.73. The molecular weight excluding hydrogens is 394 g/mol. The summed E-state index contributed by atoms with van der Waals surface area (Å²) < 4.78 is 39.5. The number of carbonyl (C=O) groups excluding carboxylic acids is 1. The Morgan fingerprint density at radius 2 is 2.13 bits per heavy atom. The van der Waals surface area contributed by atoms with Crippen LogP contribution in [0.4, 0.5) is 8.78 Å². The van der Waals surface area contributed by atoms with Crippen molar-refractivity contribution in [2.75, 3.05) is 6.54 Å². The minimum Gasteiger partial charge on any atom is -0.455 e. The van der Waals surface area contributed by atoms with Crippen LogP contribution in [0.2, 0.25) is 0 Å². The Bertz CT molecular complexity index is 1250. The van der Waals surface area contributed by atoms with E-state index in [1.165, 1.54) is 31.0 Å². The van der Waals surface area contributed by atoms with Crippen molar-refractivity contribution in [3.63, 3.8) is 0 Å². The van der Waals surface area contributed by atoms with Gasteiger partial charge >= 0.3 is 0 Å². The first-order valence-electron chi connectivity index (χ1n) is 9.49. The zero-order chi connectivity index (χ0) is 21.0. The number of furan rings is 1. The molecule has 1 atom stereocenters. The lowest BCUT2D eigenvalue weighted by molar-refractivity contribution is 0.0629. The Morgan fingerprint density at radius 3 is 2.87 bits per heavy atom. The number of halogens is 2. The lowest BCUT2D eigenvalue weighted by atomic mass is 10.00. The number of oxazole rings is 1. The van der Waals surface area contributed by atoms with Crippen molar-refractivity contribution in [2.24, 2.45) is 0 Å². The zero-order valence-corrected chi connectivity index (χ0v) is 16.3. The van der Waals surface area contributed by atoms with E-state index in [9.17, 15) is 13.6 Å². The van der Waals surface area contributed by atoms with Crippen LogP contribution in [0, 0.1) is 5.82 Å². The largest absolute Gasteiger partial charge is 0.455 e. The van der Waals surface area contributed by atoms with E-state index >= 15 is 0 Å². The monoisotopic (exact) mass is 412 g/mol. The standard InChI is InChI=1S/C21H18F2N4O3/c1-21(2,23)20-24-9-15(30-20)19(28)27-7-6-13-16(26-10-25-13)17(27)14-8-11-4-3-5-12(22)18(11)29-14/h3-5,8-10,17H,6-7H2,1-2H3,(H,25,26)/t17-/m1/s1. The van der Waals surface area contributed by atoms with Crippen LogP contribution in [0.3, 0.4) is 0 Å². The predicted molar refractivity (Wildman–Crippen MR) is 102 cm³/mol. The summed E-state index contributed by atoms with van der Waals surface area (Å²) in [4.78, 5) is 26.1. The van der Waals surface area contributed by atoms with Gasteiger partial charge in [-0.05, 0) is 26.0 Å². The number of rotatable bonds is 3. The van der Waals surface area contributed by atoms with E-state index in [4.69, 9.17) is 8.83 Å². The third kappa shape index (κ3) is 2.89. The van der Waals surface area contributed by atoms with Gasteiger partial charge in [0.05, 0.1) is 18.2 Å². The minimum atomic E-state index is -1.81. The number of para-hydroxylation sites is 1. The van der Waals surface area contributed by atoms with E-state index in [2.05, 4.69) is 15.0 Å². The zero-order valence-electron chi connectivity index (χ0n) is 16.3. The number of aromatic amines is 1. The molecule has 1 aromatic carbocycles. The first-order valence-corrected chi connectivity index (χ1v) is 9.49. The highest BCUT2D eigenvalue weighted by Crippen LogP contribution is 2.38. The number of benzene rings is 1. The van der Waals surface area contributed by atoms with Crippen LogP contribution in [0.15, 0.2) is 45.6 Å². The number of amides is 1. The van der Waals surface area contributed by atoms with Gasteiger partial charge in [-0.3, -0.25) is 4.79 Å². The van der Waals surface area contributed by atoms with Gasteiger partial charge in [0.25, 0.3) is 5.91 Å². The summed E-state index contributed by atoms with van der Waals surface area (Å²) in [5.74, 6) is -0.841. The highest BCUT2D eigenvalue weighted by Gasteiger charge is 2.38. The molecule has 0 fully saturated rings. The van der Waals surface area contributed by atoms with Crippen LogP contribution in [0.25, 0.3) is 11.0 Å². The predicted octanol–water partition coefficient (Wildman–Crippen LogP) is 4.28. The van der Waals surface area contributed by atoms with E-state index in [1.54, 1.807) is 24.5 Å². The van der Waals surface area contributed by atoms with Gasteiger partial charge in [0.1, 0.15) is 11.8 Å². The van der Waals surface area contributed by atoms with Crippen LogP contribution < -0.4 is 0 Å². The number of aromatic nitrogens is 3. The smallest absolute Gasteiger partial charge is 0.292 e. The van der Waals surface area contributed by atoms with E-state index in [1.807, 2.05) is 0 Å². The Morgan fingerprint density at radius 1 is 1.30 bits per heavy atom. The van der Waals surface area contributed by atoms with Gasteiger partial charge in [-0.25, -0.2) is 18.7 Å². The Labute approximate surface area is 169 Å². The van der Waals surface area contributed by atoms with Gasteiger partial charge in [0, 0.05) is 24.0 Å². The number of fused-ring (bicyclic) bond motifs is 2. The fourth-order valence-electron chi connectivity index (χ4n) is 3.76. The van der Waals surface area contributed by atoms with E-state index in [0.717, 1.165) is 5.69 Å². The molecule has 0 bridgehead atoms. The first-order chi connectivity index (χ1) is 14.3. The number of alkyl halides is 1. The van der Waals surface area contributed by atoms with E-state index in [-0.39, 0.29) is 17.2 Å². The van der Waals surface area contributed by atoms with Crippen LogP contribution in [0.1, 0.15) is 53.5 Å². The second-order valence-corrected chi connectivity index (χ2v) is 7.73. The molecular formula is C21H18F2N4O3. The van der Waals surface area contributed by atoms with Crippen molar-refractivity contribution < 1.29 is 22.4 Å². The topological polar surface area (TPSA) is 88.2 Å². The Kier molecular flexibility index (Phi) is 4.02. The number of nitrogens with zero attached hydrogens (tertiary/aromatic N) is 3. The van der Waals surface area contributed by atoms with E-state index < -0.39 is 23.4 Å². The molecule has 1 amide bonds. The maximum Gasteiger partial charge on any atom is 0.292 e. The molecule has 3 aromatic heterocycles. The van der Waals surface area contributed by atoms with Crippen LogP contribution >= 0.6 is 0 Å². The number of hydrogen-bond acceptors (Lipinski definition) is 5. The second kappa shape index (κ2) is 6.51. The van der Waals surface area contributed by atoms with Gasteiger partial charge in [-0.15, -0.1) is 0 Å². The molecule has 1 aliphatic heterocycles. The highest BCUT2D eigenvalue weighted by molar-refractivity contribution is 5.92. The lowest BCUT2D eigenvalue weighted by Gasteiger charge is -2.33. The number of imidazole rings is 1. The quantitative estimate of drug-likeness (QED) is 0.543. The molecule has 30 heavy (non-hydrogen) atoms. The van der Waals surface area contributed by atoms with Gasteiger partial charge in [0.2, 0.25) is 11.7 Å². The third-order valence-electron chi connectivity index (χ3n) is 5.20. The Hall–Kier alpha value is -3.49. The average molecular weight is 412 g/mol. The van der Waals surface area contributed by atoms with Crippen molar-refractivity contribution in [1.29, 1.82) is 0 Å². The molecule has 0 saturated heterocycles. The Balaban J connectivity index is 1.59. The fraction of sp³-hybridized carbons (Fsp3) is 0.286. The van der Waals surface area contributed by atoms with Gasteiger partial charge < -0.3 is 18.7 Å². The summed E-state index contributed by atoms with van der Waals surface area (Å²) >= 11 is 0. The third-order valence-corrected chi connectivity index (χ3v) is 5.20. The molecule has 154 valence electrons. The van der Waals surface area contributed by atoms with Crippen LogP contribution in [-0.2, 0) is 12.1 Å². The highest BCUT2D eigenvalue weighted by atomic mass is 19.1. The molecule has 0 saturated carbocycles. The summed E-state index contributed by atoms with van der Waals surface area (Å²) in [5, 5.41) is 0.584. The average Bonchev–Trinajstić information content (AvgIpc) is 3.44. The molecule has 4 aromatic rings. The van der Waals surface area contributed by atoms with Gasteiger partial charge in [-0.2, -0.15) is 0 Å². The number of carbonyl (C=O) groups is 1. The number of H-pyrrole nitrogens is 1. The van der Waals surface area contributed by atoms with Gasteiger partial charge in [-0.1, -0.05) is 12.1 Å². The molecule has 1 N–H and O–H groups in total. The number of nitrogens with one attached hydrogen (secondary N) is 1. The van der Waals surface area contributed by atoms with Gasteiger partial charge in [0.15, 0.2) is 17.1 Å². The van der Waals surface area contributed by atoms with Crippen molar-refractivity contribution in [1.82, 2.24) is 19.9 Å². The molecule has 5 rings (SSSR count). The lowest BCUT2D eigenvalue weighted by Crippen LogP contribution is -2.40. The van der Waals surface area contributed by atoms with Crippen molar-refractivity contribution in [2.45, 2.75) is 32.0 Å². The summed E-state index contributed by atoms with van der Waals surface area (Å²) in [6.07, 6.45) is 3.31. The summed E-state index contributed by atoms with van der Waals surface area (Å²) in [6, 6.07) is 5.65. The fourth-order valence-corrected chi connectivity index (χ4v) is 3.76. The van der Waals surface area contributed by atoms with Crippen LogP contribution in [-0.4, -0.2) is 32.3 Å². The SMILES string of the molecule is CC(C)(F)c1ncc(C(=O)N2CCc3[nH]cnc3[C@H]2c2cc3cccc(F)c3o2)o1. The molecule has 0 spiro atoms. The molecule has 0 unspecified atom stereocenters. The maximum absolute atomic E-state index is 14.2. The van der Waals surface area contributed by atoms with Crippen molar-refractivity contribution in [3.05, 3.63) is 71.4 Å². The molecule has 7 nitrogen and oxygen atoms in total. The maximum atomic E-state index is 14.2. The van der Waals surface area contributed by atoms with Crippen molar-refractivity contribution >= 4 is 16.9 Å². The molecule has 1 aliphatic rings. The molecule has 4 heterocycles. The van der Waals surface area contributed by atoms with Crippen molar-refractivity contribution in [3.8, 4) is 0 Å². The first kappa shape index (κ1) is 18.5. The summed E-state index contributed by atoms with van der Waals surface area (Å²) in [5.41, 5.74) is -0.220. The summed E-state index contributed by atoms with van der Waals surface area (Å²) in [7, 11) is 0. The van der Waals surface area contributed by atoms with Crippen LogP contribution in [0.5, 0.6) is 0 Å². The summed E-state index contributed by atoms with van der Waals surface area (Å²) in [6.45, 7) is 2.94. The molecule has 9 heteroatoms. The minimum absolute atomic E-state index is 0.0815. The molecule has 0 aliphatic carbocycles. The van der Waals surface area contributed by atoms with E-state index in [0.29, 0.717) is 29.8 Å². The molecule has 0 radical (unpaired) electrons.